The van der Waals surface area contributed by atoms with Crippen LogP contribution in [0.15, 0.2) is 53.4 Å². The Morgan fingerprint density at radius 2 is 1.58 bits per heavy atom. The Kier molecular flexibility index (Phi) is 4.24. The molecule has 1 unspecified atom stereocenters. The molecule has 0 spiro atoms. The molecule has 0 saturated heterocycles. The normalized spacial score (nSPS) is 17.8. The van der Waals surface area contributed by atoms with Crippen molar-refractivity contribution in [3.63, 3.8) is 0 Å². The van der Waals surface area contributed by atoms with Gasteiger partial charge in [0.1, 0.15) is 0 Å². The number of hydrogen-bond acceptors (Lipinski definition) is 4. The van der Waals surface area contributed by atoms with E-state index >= 15 is 0 Å². The van der Waals surface area contributed by atoms with Gasteiger partial charge >= 0.3 is 0 Å². The summed E-state index contributed by atoms with van der Waals surface area (Å²) in [7, 11) is -3.80. The van der Waals surface area contributed by atoms with Gasteiger partial charge in [0.15, 0.2) is 0 Å². The minimum Gasteiger partial charge on any atom is -0.273 e. The maximum Gasteiger partial charge on any atom is 0.261 e. The highest BCUT2D eigenvalue weighted by molar-refractivity contribution is 7.89. The Balaban J connectivity index is 2.04. The first-order valence-electron chi connectivity index (χ1n) is 8.15. The number of fused-ring (bicyclic) bond motifs is 1. The van der Waals surface area contributed by atoms with Crippen molar-refractivity contribution >= 4 is 21.8 Å². The SMILES string of the molecule is CC(c1ccc(S(N)(=O)=O)cc1)N1C(=O)c2ccccc2C(C)(C)C1=O. The van der Waals surface area contributed by atoms with E-state index in [2.05, 4.69) is 0 Å². The van der Waals surface area contributed by atoms with E-state index in [9.17, 15) is 18.0 Å². The van der Waals surface area contributed by atoms with Crippen molar-refractivity contribution in [2.24, 2.45) is 5.14 Å². The Morgan fingerprint density at radius 1 is 1.00 bits per heavy atom. The smallest absolute Gasteiger partial charge is 0.261 e. The number of sulfonamides is 1. The molecule has 3 rings (SSSR count). The van der Waals surface area contributed by atoms with Gasteiger partial charge in [-0.3, -0.25) is 14.5 Å². The van der Waals surface area contributed by atoms with Gasteiger partial charge in [0, 0.05) is 5.56 Å². The third-order valence-corrected chi connectivity index (χ3v) is 5.81. The maximum atomic E-state index is 13.1. The largest absolute Gasteiger partial charge is 0.273 e. The van der Waals surface area contributed by atoms with Crippen LogP contribution in [0.25, 0.3) is 0 Å². The van der Waals surface area contributed by atoms with E-state index in [0.717, 1.165) is 0 Å². The van der Waals surface area contributed by atoms with Gasteiger partial charge in [-0.25, -0.2) is 13.6 Å². The Labute approximate surface area is 152 Å². The first-order chi connectivity index (χ1) is 12.0. The molecule has 0 saturated carbocycles. The van der Waals surface area contributed by atoms with E-state index in [4.69, 9.17) is 5.14 Å². The fourth-order valence-corrected chi connectivity index (χ4v) is 3.81. The molecule has 0 aliphatic carbocycles. The van der Waals surface area contributed by atoms with E-state index in [1.807, 2.05) is 6.07 Å². The lowest BCUT2D eigenvalue weighted by molar-refractivity contribution is -0.136. The molecule has 2 amide bonds. The maximum absolute atomic E-state index is 13.1. The third-order valence-electron chi connectivity index (χ3n) is 4.88. The number of amides is 2. The van der Waals surface area contributed by atoms with Crippen molar-refractivity contribution in [2.45, 2.75) is 37.1 Å². The molecule has 0 aromatic heterocycles. The standard InChI is InChI=1S/C19H20N2O4S/c1-12(13-8-10-14(11-9-13)26(20,24)25)21-17(22)15-6-4-5-7-16(15)19(2,3)18(21)23/h4-12H,1-3H3,(H2,20,24,25). The summed E-state index contributed by atoms with van der Waals surface area (Å²) in [5, 5.41) is 5.11. The molecule has 2 aromatic rings. The summed E-state index contributed by atoms with van der Waals surface area (Å²) < 4.78 is 22.8. The summed E-state index contributed by atoms with van der Waals surface area (Å²) in [6, 6.07) is 12.4. The average molecular weight is 372 g/mol. The number of carbonyl (C=O) groups is 2. The van der Waals surface area contributed by atoms with Crippen LogP contribution in [0.2, 0.25) is 0 Å². The molecule has 1 heterocycles. The quantitative estimate of drug-likeness (QED) is 0.836. The van der Waals surface area contributed by atoms with Crippen molar-refractivity contribution in [3.8, 4) is 0 Å². The molecule has 2 N–H and O–H groups in total. The summed E-state index contributed by atoms with van der Waals surface area (Å²) in [6.45, 7) is 5.33. The molecule has 0 bridgehead atoms. The molecule has 136 valence electrons. The average Bonchev–Trinajstić information content (AvgIpc) is 2.60. The Morgan fingerprint density at radius 3 is 2.15 bits per heavy atom. The van der Waals surface area contributed by atoms with Crippen LogP contribution in [0.4, 0.5) is 0 Å². The summed E-state index contributed by atoms with van der Waals surface area (Å²) >= 11 is 0. The van der Waals surface area contributed by atoms with Gasteiger partial charge in [-0.2, -0.15) is 0 Å². The number of imide groups is 1. The fourth-order valence-electron chi connectivity index (χ4n) is 3.29. The number of primary sulfonamides is 1. The van der Waals surface area contributed by atoms with Crippen molar-refractivity contribution in [1.29, 1.82) is 0 Å². The van der Waals surface area contributed by atoms with Crippen LogP contribution < -0.4 is 5.14 Å². The van der Waals surface area contributed by atoms with Crippen LogP contribution in [0.1, 0.15) is 48.3 Å². The molecule has 0 radical (unpaired) electrons. The van der Waals surface area contributed by atoms with Gasteiger partial charge < -0.3 is 0 Å². The zero-order valence-electron chi connectivity index (χ0n) is 14.8. The van der Waals surface area contributed by atoms with E-state index in [1.165, 1.54) is 17.0 Å². The first kappa shape index (κ1) is 18.3. The van der Waals surface area contributed by atoms with E-state index < -0.39 is 21.5 Å². The summed E-state index contributed by atoms with van der Waals surface area (Å²) in [5.41, 5.74) is 1.03. The summed E-state index contributed by atoms with van der Waals surface area (Å²) in [4.78, 5) is 27.2. The number of benzene rings is 2. The van der Waals surface area contributed by atoms with Gasteiger partial charge in [0.05, 0.1) is 16.4 Å². The number of nitrogens with two attached hydrogens (primary N) is 1. The van der Waals surface area contributed by atoms with Gasteiger partial charge in [0.25, 0.3) is 5.91 Å². The van der Waals surface area contributed by atoms with Crippen LogP contribution in [0.5, 0.6) is 0 Å². The minimum atomic E-state index is -3.80. The van der Waals surface area contributed by atoms with Crippen molar-refractivity contribution < 1.29 is 18.0 Å². The highest BCUT2D eigenvalue weighted by atomic mass is 32.2. The zero-order valence-corrected chi connectivity index (χ0v) is 15.6. The van der Waals surface area contributed by atoms with E-state index in [-0.39, 0.29) is 16.7 Å². The lowest BCUT2D eigenvalue weighted by atomic mass is 9.76. The number of hydrogen-bond donors (Lipinski definition) is 1. The molecule has 26 heavy (non-hydrogen) atoms. The topological polar surface area (TPSA) is 97.5 Å². The monoisotopic (exact) mass is 372 g/mol. The predicted molar refractivity (Wildman–Crippen MR) is 96.9 cm³/mol. The molecule has 6 nitrogen and oxygen atoms in total. The predicted octanol–water partition coefficient (Wildman–Crippen LogP) is 2.36. The zero-order chi connectivity index (χ0) is 19.3. The van der Waals surface area contributed by atoms with Crippen LogP contribution in [-0.2, 0) is 20.2 Å². The second kappa shape index (κ2) is 6.03. The van der Waals surface area contributed by atoms with Crippen LogP contribution in [0, 0.1) is 0 Å². The van der Waals surface area contributed by atoms with Gasteiger partial charge in [-0.1, -0.05) is 30.3 Å². The number of nitrogens with zero attached hydrogens (tertiary/aromatic N) is 1. The highest BCUT2D eigenvalue weighted by Gasteiger charge is 2.46. The second-order valence-electron chi connectivity index (χ2n) is 6.94. The van der Waals surface area contributed by atoms with Gasteiger partial charge in [-0.05, 0) is 50.1 Å². The van der Waals surface area contributed by atoms with E-state index in [1.54, 1.807) is 51.1 Å². The van der Waals surface area contributed by atoms with E-state index in [0.29, 0.717) is 16.7 Å². The van der Waals surface area contributed by atoms with Crippen LogP contribution in [0.3, 0.4) is 0 Å². The number of carbonyl (C=O) groups excluding carboxylic acids is 2. The van der Waals surface area contributed by atoms with Crippen molar-refractivity contribution in [1.82, 2.24) is 4.90 Å². The lowest BCUT2D eigenvalue weighted by Crippen LogP contribution is -2.52. The van der Waals surface area contributed by atoms with Gasteiger partial charge in [0.2, 0.25) is 15.9 Å². The summed E-state index contributed by atoms with van der Waals surface area (Å²) in [6.07, 6.45) is 0. The summed E-state index contributed by atoms with van der Waals surface area (Å²) in [5.74, 6) is -0.642. The third kappa shape index (κ3) is 2.83. The lowest BCUT2D eigenvalue weighted by Gasteiger charge is -2.40. The first-order valence-corrected chi connectivity index (χ1v) is 9.70. The minimum absolute atomic E-state index is 0.0181. The molecule has 7 heteroatoms. The molecular weight excluding hydrogens is 352 g/mol. The van der Waals surface area contributed by atoms with Gasteiger partial charge in [-0.15, -0.1) is 0 Å². The van der Waals surface area contributed by atoms with Crippen molar-refractivity contribution in [2.75, 3.05) is 0 Å². The number of rotatable bonds is 3. The fraction of sp³-hybridized carbons (Fsp3) is 0.263. The molecule has 0 fully saturated rings. The molecule has 1 atom stereocenters. The Hall–Kier alpha value is -2.51. The second-order valence-corrected chi connectivity index (χ2v) is 8.50. The Bertz CT molecular complexity index is 994. The highest BCUT2D eigenvalue weighted by Crippen LogP contribution is 2.38. The van der Waals surface area contributed by atoms with Crippen molar-refractivity contribution in [3.05, 3.63) is 65.2 Å². The molecule has 2 aromatic carbocycles. The van der Waals surface area contributed by atoms with Crippen LogP contribution in [-0.4, -0.2) is 25.1 Å². The molecular formula is C19H20N2O4S. The van der Waals surface area contributed by atoms with Crippen LogP contribution >= 0.6 is 0 Å². The molecule has 1 aliphatic heterocycles. The molecule has 1 aliphatic rings.